The molecule has 3 heterocycles. The van der Waals surface area contributed by atoms with Crippen LogP contribution in [0.25, 0.3) is 22.1 Å². The van der Waals surface area contributed by atoms with Crippen LogP contribution in [0.4, 0.5) is 5.95 Å². The molecule has 1 amide bonds. The fraction of sp³-hybridized carbons (Fsp3) is 0.250. The van der Waals surface area contributed by atoms with Gasteiger partial charge in [0.25, 0.3) is 11.5 Å². The monoisotopic (exact) mass is 408 g/mol. The van der Waals surface area contributed by atoms with Crippen LogP contribution in [0.1, 0.15) is 23.7 Å². The van der Waals surface area contributed by atoms with Crippen molar-refractivity contribution in [3.8, 4) is 0 Å². The summed E-state index contributed by atoms with van der Waals surface area (Å²) in [6.45, 7) is 3.81. The second-order valence-electron chi connectivity index (χ2n) is 6.61. The minimum Gasteiger partial charge on any atom is -0.382 e. The normalized spacial score (nSPS) is 11.2. The number of nitrogens with one attached hydrogen (secondary N) is 3. The van der Waals surface area contributed by atoms with Crippen molar-refractivity contribution >= 4 is 33.9 Å². The van der Waals surface area contributed by atoms with Gasteiger partial charge < -0.3 is 9.30 Å². The number of imidazole rings is 1. The number of carbonyl (C=O) groups is 1. The molecule has 30 heavy (non-hydrogen) atoms. The Bertz CT molecular complexity index is 1340. The fourth-order valence-electron chi connectivity index (χ4n) is 3.21. The van der Waals surface area contributed by atoms with Crippen molar-refractivity contribution in [2.45, 2.75) is 19.9 Å². The van der Waals surface area contributed by atoms with E-state index in [1.54, 1.807) is 0 Å². The number of fused-ring (bicyclic) bond motifs is 2. The van der Waals surface area contributed by atoms with Crippen LogP contribution in [0.3, 0.4) is 0 Å². The van der Waals surface area contributed by atoms with Gasteiger partial charge >= 0.3 is 5.69 Å². The topological polar surface area (TPSA) is 135 Å². The third-order valence-electron chi connectivity index (χ3n) is 4.61. The quantitative estimate of drug-likeness (QED) is 0.398. The summed E-state index contributed by atoms with van der Waals surface area (Å²) in [5.41, 5.74) is 0.679. The van der Waals surface area contributed by atoms with Crippen molar-refractivity contribution in [1.29, 1.82) is 0 Å². The summed E-state index contributed by atoms with van der Waals surface area (Å²) in [5, 5.41) is 2.92. The molecule has 0 saturated heterocycles. The zero-order valence-corrected chi connectivity index (χ0v) is 16.3. The lowest BCUT2D eigenvalue weighted by Gasteiger charge is -2.10. The highest BCUT2D eigenvalue weighted by atomic mass is 16.5. The van der Waals surface area contributed by atoms with Crippen LogP contribution >= 0.6 is 0 Å². The number of para-hydroxylation sites is 2. The minimum atomic E-state index is -0.655. The largest absolute Gasteiger partial charge is 0.382 e. The smallest absolute Gasteiger partial charge is 0.327 e. The number of benzene rings is 1. The number of carbonyl (C=O) groups excluding carboxylic acids is 1. The van der Waals surface area contributed by atoms with Gasteiger partial charge in [0.1, 0.15) is 5.65 Å². The van der Waals surface area contributed by atoms with Gasteiger partial charge in [-0.2, -0.15) is 0 Å². The van der Waals surface area contributed by atoms with Crippen molar-refractivity contribution < 1.29 is 9.53 Å². The standard InChI is InChI=1S/C20H20N6O4/c1-2-30-9-5-8-26-15-7-4-3-6-14(15)22-19(26)24-17(27)12-10-13-16(21-11-12)23-20(29)25-18(13)28/h3-4,6-7,10-11H,2,5,8-9H2,1H3,(H,22,24,27)(H2,21,23,25,28,29). The van der Waals surface area contributed by atoms with E-state index >= 15 is 0 Å². The van der Waals surface area contributed by atoms with Crippen molar-refractivity contribution in [1.82, 2.24) is 24.5 Å². The molecule has 4 aromatic rings. The van der Waals surface area contributed by atoms with Gasteiger partial charge in [-0.05, 0) is 31.5 Å². The number of H-pyrrole nitrogens is 2. The van der Waals surface area contributed by atoms with Gasteiger partial charge in [-0.1, -0.05) is 12.1 Å². The number of amides is 1. The maximum Gasteiger partial charge on any atom is 0.327 e. The number of aromatic nitrogens is 5. The van der Waals surface area contributed by atoms with Gasteiger partial charge in [0, 0.05) is 26.0 Å². The van der Waals surface area contributed by atoms with Gasteiger partial charge in [0.05, 0.1) is 22.0 Å². The molecule has 0 aliphatic rings. The predicted molar refractivity (Wildman–Crippen MR) is 112 cm³/mol. The van der Waals surface area contributed by atoms with Crippen LogP contribution < -0.4 is 16.6 Å². The number of hydrogen-bond donors (Lipinski definition) is 3. The van der Waals surface area contributed by atoms with Crippen LogP contribution in [0.5, 0.6) is 0 Å². The molecular weight excluding hydrogens is 388 g/mol. The highest BCUT2D eigenvalue weighted by Crippen LogP contribution is 2.21. The number of anilines is 1. The number of hydrogen-bond acceptors (Lipinski definition) is 6. The lowest BCUT2D eigenvalue weighted by Crippen LogP contribution is -2.23. The number of rotatable bonds is 7. The first-order valence-corrected chi connectivity index (χ1v) is 9.53. The summed E-state index contributed by atoms with van der Waals surface area (Å²) >= 11 is 0. The SMILES string of the molecule is CCOCCCn1c(NC(=O)c2cnc3[nH]c(=O)[nH]c(=O)c3c2)nc2ccccc21. The highest BCUT2D eigenvalue weighted by Gasteiger charge is 2.16. The first-order valence-electron chi connectivity index (χ1n) is 9.53. The van der Waals surface area contributed by atoms with Crippen LogP contribution in [-0.4, -0.2) is 43.6 Å². The van der Waals surface area contributed by atoms with Crippen molar-refractivity contribution in [3.63, 3.8) is 0 Å². The first-order chi connectivity index (χ1) is 14.6. The molecule has 4 rings (SSSR count). The Hall–Kier alpha value is -3.79. The average molecular weight is 408 g/mol. The number of aryl methyl sites for hydroxylation is 1. The molecule has 3 aromatic heterocycles. The number of ether oxygens (including phenoxy) is 1. The molecule has 3 N–H and O–H groups in total. The Morgan fingerprint density at radius 2 is 2.07 bits per heavy atom. The van der Waals surface area contributed by atoms with E-state index in [1.807, 2.05) is 35.8 Å². The Morgan fingerprint density at radius 3 is 2.90 bits per heavy atom. The van der Waals surface area contributed by atoms with Gasteiger partial charge in [-0.25, -0.2) is 14.8 Å². The predicted octanol–water partition coefficient (Wildman–Crippen LogP) is 1.64. The van der Waals surface area contributed by atoms with Gasteiger partial charge in [-0.15, -0.1) is 0 Å². The zero-order valence-electron chi connectivity index (χ0n) is 16.3. The molecule has 0 fully saturated rings. The molecule has 10 nitrogen and oxygen atoms in total. The second kappa shape index (κ2) is 8.29. The van der Waals surface area contributed by atoms with Crippen molar-refractivity contribution in [2.75, 3.05) is 18.5 Å². The maximum absolute atomic E-state index is 12.8. The van der Waals surface area contributed by atoms with Gasteiger partial charge in [0.15, 0.2) is 0 Å². The summed E-state index contributed by atoms with van der Waals surface area (Å²) in [4.78, 5) is 49.3. The number of aromatic amines is 2. The maximum atomic E-state index is 12.8. The summed E-state index contributed by atoms with van der Waals surface area (Å²) in [6.07, 6.45) is 2.06. The first kappa shape index (κ1) is 19.5. The Balaban J connectivity index is 1.65. The third-order valence-corrected chi connectivity index (χ3v) is 4.61. The van der Waals surface area contributed by atoms with Crippen LogP contribution in [0, 0.1) is 0 Å². The Labute approximate surface area is 169 Å². The molecule has 1 aromatic carbocycles. The van der Waals surface area contributed by atoms with Crippen LogP contribution in [0.15, 0.2) is 46.1 Å². The highest BCUT2D eigenvalue weighted by molar-refractivity contribution is 6.05. The average Bonchev–Trinajstić information content (AvgIpc) is 3.08. The van der Waals surface area contributed by atoms with Crippen LogP contribution in [0.2, 0.25) is 0 Å². The Morgan fingerprint density at radius 1 is 1.23 bits per heavy atom. The van der Waals surface area contributed by atoms with Gasteiger partial charge in [-0.3, -0.25) is 24.9 Å². The molecule has 154 valence electrons. The lowest BCUT2D eigenvalue weighted by atomic mass is 10.2. The fourth-order valence-corrected chi connectivity index (χ4v) is 3.21. The molecule has 0 aliphatic carbocycles. The summed E-state index contributed by atoms with van der Waals surface area (Å²) in [6, 6.07) is 8.99. The van der Waals surface area contributed by atoms with E-state index in [0.29, 0.717) is 25.7 Å². The molecular formula is C20H20N6O4. The van der Waals surface area contributed by atoms with Crippen molar-refractivity contribution in [2.24, 2.45) is 0 Å². The van der Waals surface area contributed by atoms with E-state index in [9.17, 15) is 14.4 Å². The summed E-state index contributed by atoms with van der Waals surface area (Å²) in [5.74, 6) is -0.0652. The van der Waals surface area contributed by atoms with E-state index in [0.717, 1.165) is 17.5 Å². The summed E-state index contributed by atoms with van der Waals surface area (Å²) < 4.78 is 7.33. The molecule has 0 aliphatic heterocycles. The molecule has 0 radical (unpaired) electrons. The molecule has 0 spiro atoms. The van der Waals surface area contributed by atoms with E-state index in [-0.39, 0.29) is 16.6 Å². The Kier molecular flexibility index (Phi) is 5.40. The zero-order chi connectivity index (χ0) is 21.1. The van der Waals surface area contributed by atoms with Gasteiger partial charge in [0.2, 0.25) is 5.95 Å². The molecule has 0 atom stereocenters. The molecule has 0 unspecified atom stereocenters. The third kappa shape index (κ3) is 3.85. The number of nitrogens with zero attached hydrogens (tertiary/aromatic N) is 3. The van der Waals surface area contributed by atoms with E-state index < -0.39 is 17.2 Å². The van der Waals surface area contributed by atoms with Crippen LogP contribution in [-0.2, 0) is 11.3 Å². The lowest BCUT2D eigenvalue weighted by molar-refractivity contribution is 0.102. The van der Waals surface area contributed by atoms with E-state index in [2.05, 4.69) is 25.3 Å². The minimum absolute atomic E-state index is 0.114. The number of pyridine rings is 1. The molecule has 0 saturated carbocycles. The van der Waals surface area contributed by atoms with Crippen molar-refractivity contribution in [3.05, 3.63) is 62.9 Å². The molecule has 10 heteroatoms. The van der Waals surface area contributed by atoms with E-state index in [4.69, 9.17) is 4.74 Å². The summed E-state index contributed by atoms with van der Waals surface area (Å²) in [7, 11) is 0. The second-order valence-corrected chi connectivity index (χ2v) is 6.61. The van der Waals surface area contributed by atoms with E-state index in [1.165, 1.54) is 12.3 Å². The molecule has 0 bridgehead atoms.